The number of halogens is 1. The van der Waals surface area contributed by atoms with E-state index in [1.54, 1.807) is 0 Å². The average Bonchev–Trinajstić information content (AvgIpc) is 2.57. The minimum atomic E-state index is 0.423. The molecule has 0 aliphatic carbocycles. The van der Waals surface area contributed by atoms with Crippen molar-refractivity contribution in [2.45, 2.75) is 25.1 Å². The van der Waals surface area contributed by atoms with Gasteiger partial charge >= 0.3 is 0 Å². The zero-order valence-electron chi connectivity index (χ0n) is 12.1. The standard InChI is InChI=1S/C17H20ClN3/c18-13-16-6-7-17(20-19-16)21-10-8-15(9-11-21)12-14-4-2-1-3-5-14/h1-7,15H,8-13H2. The van der Waals surface area contributed by atoms with Crippen molar-refractivity contribution >= 4 is 17.4 Å². The molecular weight excluding hydrogens is 282 g/mol. The van der Waals surface area contributed by atoms with E-state index >= 15 is 0 Å². The van der Waals surface area contributed by atoms with Gasteiger partial charge in [-0.1, -0.05) is 30.3 Å². The Hall–Kier alpha value is -1.61. The fraction of sp³-hybridized carbons (Fsp3) is 0.412. The summed E-state index contributed by atoms with van der Waals surface area (Å²) in [7, 11) is 0. The summed E-state index contributed by atoms with van der Waals surface area (Å²) in [6, 6.07) is 14.8. The van der Waals surface area contributed by atoms with Gasteiger partial charge in [0.1, 0.15) is 0 Å². The summed E-state index contributed by atoms with van der Waals surface area (Å²) >= 11 is 5.75. The van der Waals surface area contributed by atoms with Crippen molar-refractivity contribution in [2.75, 3.05) is 18.0 Å². The Morgan fingerprint density at radius 2 is 1.76 bits per heavy atom. The first kappa shape index (κ1) is 14.3. The van der Waals surface area contributed by atoms with Crippen molar-refractivity contribution in [1.82, 2.24) is 10.2 Å². The molecule has 1 aliphatic rings. The molecule has 4 heteroatoms. The molecule has 21 heavy (non-hydrogen) atoms. The monoisotopic (exact) mass is 301 g/mol. The smallest absolute Gasteiger partial charge is 0.151 e. The second-order valence-electron chi connectivity index (χ2n) is 5.64. The van der Waals surface area contributed by atoms with Gasteiger partial charge in [0.05, 0.1) is 11.6 Å². The first-order chi connectivity index (χ1) is 10.3. The lowest BCUT2D eigenvalue weighted by Gasteiger charge is -2.32. The van der Waals surface area contributed by atoms with Crippen molar-refractivity contribution in [3.05, 3.63) is 53.7 Å². The molecule has 0 radical (unpaired) electrons. The van der Waals surface area contributed by atoms with E-state index in [1.165, 1.54) is 24.8 Å². The van der Waals surface area contributed by atoms with Gasteiger partial charge in [-0.3, -0.25) is 0 Å². The van der Waals surface area contributed by atoms with Gasteiger partial charge in [0.25, 0.3) is 0 Å². The van der Waals surface area contributed by atoms with Crippen molar-refractivity contribution < 1.29 is 0 Å². The van der Waals surface area contributed by atoms with Crippen LogP contribution >= 0.6 is 11.6 Å². The molecule has 1 aromatic heterocycles. The molecule has 1 aliphatic heterocycles. The van der Waals surface area contributed by atoms with E-state index in [9.17, 15) is 0 Å². The van der Waals surface area contributed by atoms with E-state index in [0.29, 0.717) is 5.88 Å². The third-order valence-electron chi connectivity index (χ3n) is 4.15. The fourth-order valence-electron chi connectivity index (χ4n) is 2.91. The van der Waals surface area contributed by atoms with Crippen LogP contribution < -0.4 is 4.90 Å². The molecule has 1 aromatic carbocycles. The molecule has 2 heterocycles. The van der Waals surface area contributed by atoms with E-state index < -0.39 is 0 Å². The highest BCUT2D eigenvalue weighted by Gasteiger charge is 2.20. The van der Waals surface area contributed by atoms with Crippen LogP contribution in [0.15, 0.2) is 42.5 Å². The molecule has 3 rings (SSSR count). The van der Waals surface area contributed by atoms with E-state index in [-0.39, 0.29) is 0 Å². The molecule has 1 saturated heterocycles. The van der Waals surface area contributed by atoms with Gasteiger partial charge in [0.15, 0.2) is 5.82 Å². The fourth-order valence-corrected chi connectivity index (χ4v) is 3.05. The van der Waals surface area contributed by atoms with E-state index in [1.807, 2.05) is 12.1 Å². The Morgan fingerprint density at radius 1 is 1.00 bits per heavy atom. The molecular formula is C17H20ClN3. The maximum absolute atomic E-state index is 5.75. The number of anilines is 1. The summed E-state index contributed by atoms with van der Waals surface area (Å²) in [4.78, 5) is 2.33. The molecule has 0 atom stereocenters. The summed E-state index contributed by atoms with van der Waals surface area (Å²) in [6.07, 6.45) is 3.62. The number of benzene rings is 1. The Kier molecular flexibility index (Phi) is 4.71. The number of alkyl halides is 1. The normalized spacial score (nSPS) is 16.1. The summed E-state index contributed by atoms with van der Waals surface area (Å²) < 4.78 is 0. The highest BCUT2D eigenvalue weighted by atomic mass is 35.5. The SMILES string of the molecule is ClCc1ccc(N2CCC(Cc3ccccc3)CC2)nn1. The van der Waals surface area contributed by atoms with Gasteiger partial charge in [-0.15, -0.1) is 16.7 Å². The molecule has 0 N–H and O–H groups in total. The number of aromatic nitrogens is 2. The lowest BCUT2D eigenvalue weighted by Crippen LogP contribution is -2.35. The van der Waals surface area contributed by atoms with E-state index in [4.69, 9.17) is 11.6 Å². The first-order valence-corrected chi connectivity index (χ1v) is 8.06. The van der Waals surface area contributed by atoms with Crippen LogP contribution in [-0.2, 0) is 12.3 Å². The van der Waals surface area contributed by atoms with Crippen LogP contribution in [0.2, 0.25) is 0 Å². The number of nitrogens with zero attached hydrogens (tertiary/aromatic N) is 3. The Labute approximate surface area is 131 Å². The molecule has 1 fully saturated rings. The lowest BCUT2D eigenvalue weighted by atomic mass is 9.90. The minimum absolute atomic E-state index is 0.423. The van der Waals surface area contributed by atoms with Gasteiger partial charge < -0.3 is 4.90 Å². The molecule has 0 unspecified atom stereocenters. The summed E-state index contributed by atoms with van der Waals surface area (Å²) in [5.41, 5.74) is 2.28. The first-order valence-electron chi connectivity index (χ1n) is 7.52. The second-order valence-corrected chi connectivity index (χ2v) is 5.90. The van der Waals surface area contributed by atoms with Gasteiger partial charge in [-0.25, -0.2) is 0 Å². The van der Waals surface area contributed by atoms with Crippen LogP contribution in [-0.4, -0.2) is 23.3 Å². The Bertz CT molecular complexity index is 548. The van der Waals surface area contributed by atoms with Crippen LogP contribution in [0.25, 0.3) is 0 Å². The molecule has 0 spiro atoms. The molecule has 0 amide bonds. The van der Waals surface area contributed by atoms with Crippen molar-refractivity contribution in [2.24, 2.45) is 5.92 Å². The summed E-state index contributed by atoms with van der Waals surface area (Å²) in [6.45, 7) is 2.12. The van der Waals surface area contributed by atoms with Gasteiger partial charge in [0.2, 0.25) is 0 Å². The Morgan fingerprint density at radius 3 is 2.38 bits per heavy atom. The van der Waals surface area contributed by atoms with E-state index in [0.717, 1.165) is 30.5 Å². The highest BCUT2D eigenvalue weighted by Crippen LogP contribution is 2.24. The summed E-state index contributed by atoms with van der Waals surface area (Å²) in [5.74, 6) is 2.17. The summed E-state index contributed by atoms with van der Waals surface area (Å²) in [5, 5.41) is 8.41. The predicted molar refractivity (Wildman–Crippen MR) is 86.7 cm³/mol. The predicted octanol–water partition coefficient (Wildman–Crippen LogP) is 3.67. The zero-order chi connectivity index (χ0) is 14.5. The third kappa shape index (κ3) is 3.73. The zero-order valence-corrected chi connectivity index (χ0v) is 12.8. The third-order valence-corrected chi connectivity index (χ3v) is 4.42. The molecule has 2 aromatic rings. The van der Waals surface area contributed by atoms with Crippen LogP contribution in [0.3, 0.4) is 0 Å². The minimum Gasteiger partial charge on any atom is -0.355 e. The van der Waals surface area contributed by atoms with Crippen LogP contribution in [0.4, 0.5) is 5.82 Å². The van der Waals surface area contributed by atoms with Crippen molar-refractivity contribution in [1.29, 1.82) is 0 Å². The largest absolute Gasteiger partial charge is 0.355 e. The van der Waals surface area contributed by atoms with Crippen LogP contribution in [0.5, 0.6) is 0 Å². The van der Waals surface area contributed by atoms with Crippen LogP contribution in [0, 0.1) is 5.92 Å². The number of hydrogen-bond acceptors (Lipinski definition) is 3. The van der Waals surface area contributed by atoms with Crippen molar-refractivity contribution in [3.8, 4) is 0 Å². The number of piperidine rings is 1. The molecule has 110 valence electrons. The van der Waals surface area contributed by atoms with E-state index in [2.05, 4.69) is 45.4 Å². The van der Waals surface area contributed by atoms with Gasteiger partial charge in [-0.2, -0.15) is 5.10 Å². The molecule has 0 saturated carbocycles. The lowest BCUT2D eigenvalue weighted by molar-refractivity contribution is 0.401. The second kappa shape index (κ2) is 6.90. The maximum Gasteiger partial charge on any atom is 0.151 e. The van der Waals surface area contributed by atoms with Gasteiger partial charge in [-0.05, 0) is 42.9 Å². The molecule has 0 bridgehead atoms. The van der Waals surface area contributed by atoms with Gasteiger partial charge in [0, 0.05) is 13.1 Å². The van der Waals surface area contributed by atoms with Crippen LogP contribution in [0.1, 0.15) is 24.1 Å². The highest BCUT2D eigenvalue weighted by molar-refractivity contribution is 6.16. The number of rotatable bonds is 4. The maximum atomic E-state index is 5.75. The average molecular weight is 302 g/mol. The topological polar surface area (TPSA) is 29.0 Å². The quantitative estimate of drug-likeness (QED) is 0.807. The molecule has 3 nitrogen and oxygen atoms in total. The van der Waals surface area contributed by atoms with Crippen molar-refractivity contribution in [3.63, 3.8) is 0 Å². The number of hydrogen-bond donors (Lipinski definition) is 0. The Balaban J connectivity index is 1.54.